The molecule has 0 saturated heterocycles. The van der Waals surface area contributed by atoms with Gasteiger partial charge in [-0.1, -0.05) is 12.1 Å². The van der Waals surface area contributed by atoms with Gasteiger partial charge >= 0.3 is 0 Å². The molecule has 0 bridgehead atoms. The topological polar surface area (TPSA) is 41.8 Å². The highest BCUT2D eigenvalue weighted by atomic mass is 79.9. The van der Waals surface area contributed by atoms with Gasteiger partial charge in [0.25, 0.3) is 0 Å². The number of halogens is 1. The molecule has 1 N–H and O–H groups in total. The summed E-state index contributed by atoms with van der Waals surface area (Å²) in [4.78, 5) is 0. The highest BCUT2D eigenvalue weighted by molar-refractivity contribution is 9.10. The molecule has 0 aliphatic heterocycles. The van der Waals surface area contributed by atoms with Crippen molar-refractivity contribution in [3.8, 4) is 5.75 Å². The summed E-state index contributed by atoms with van der Waals surface area (Å²) in [5.74, 6) is 0.807. The third-order valence-corrected chi connectivity index (χ3v) is 2.24. The summed E-state index contributed by atoms with van der Waals surface area (Å²) in [7, 11) is 0. The van der Waals surface area contributed by atoms with Crippen molar-refractivity contribution in [2.24, 2.45) is 5.16 Å². The zero-order valence-corrected chi connectivity index (χ0v) is 9.49. The minimum atomic E-state index is 0.700. The van der Waals surface area contributed by atoms with Crippen LogP contribution in [0.4, 0.5) is 0 Å². The highest BCUT2D eigenvalue weighted by Crippen LogP contribution is 2.25. The smallest absolute Gasteiger partial charge is 0.133 e. The fourth-order valence-electron chi connectivity index (χ4n) is 0.993. The quantitative estimate of drug-likeness (QED) is 0.512. The van der Waals surface area contributed by atoms with Gasteiger partial charge in [-0.05, 0) is 46.1 Å². The summed E-state index contributed by atoms with van der Waals surface area (Å²) >= 11 is 3.38. The predicted molar refractivity (Wildman–Crippen MR) is 59.3 cm³/mol. The molecule has 1 aromatic carbocycles. The molecule has 0 atom stereocenters. The van der Waals surface area contributed by atoms with Gasteiger partial charge in [-0.3, -0.25) is 0 Å². The normalized spacial score (nSPS) is 10.7. The van der Waals surface area contributed by atoms with Crippen LogP contribution in [0.2, 0.25) is 0 Å². The molecule has 4 heteroatoms. The molecule has 0 aliphatic carbocycles. The lowest BCUT2D eigenvalue weighted by Crippen LogP contribution is -1.96. The minimum absolute atomic E-state index is 0.700. The molecular formula is C10H12BrNO2. The average molecular weight is 258 g/mol. The van der Waals surface area contributed by atoms with Crippen LogP contribution in [-0.2, 0) is 0 Å². The van der Waals surface area contributed by atoms with Crippen molar-refractivity contribution in [1.82, 2.24) is 0 Å². The van der Waals surface area contributed by atoms with Crippen molar-refractivity contribution in [2.45, 2.75) is 13.3 Å². The first-order valence-corrected chi connectivity index (χ1v) is 5.17. The summed E-state index contributed by atoms with van der Waals surface area (Å²) in [5.41, 5.74) is 0.822. The summed E-state index contributed by atoms with van der Waals surface area (Å²) in [5, 5.41) is 11.3. The van der Waals surface area contributed by atoms with Crippen LogP contribution in [0.3, 0.4) is 0 Å². The molecule has 0 saturated carbocycles. The van der Waals surface area contributed by atoms with Gasteiger partial charge in [-0.2, -0.15) is 0 Å². The Kier molecular flexibility index (Phi) is 4.46. The van der Waals surface area contributed by atoms with Crippen LogP contribution in [0.15, 0.2) is 27.8 Å². The fourth-order valence-corrected chi connectivity index (χ4v) is 1.50. The number of rotatable bonds is 4. The molecule has 0 fully saturated rings. The molecule has 3 nitrogen and oxygen atoms in total. The monoisotopic (exact) mass is 257 g/mol. The summed E-state index contributed by atoms with van der Waals surface area (Å²) < 4.78 is 6.33. The van der Waals surface area contributed by atoms with Crippen LogP contribution in [-0.4, -0.2) is 18.0 Å². The number of ether oxygens (including phenoxy) is 1. The van der Waals surface area contributed by atoms with E-state index in [1.807, 2.05) is 18.2 Å². The molecule has 0 heterocycles. The van der Waals surface area contributed by atoms with Crippen LogP contribution in [0.25, 0.3) is 0 Å². The molecule has 14 heavy (non-hydrogen) atoms. The standard InChI is InChI=1S/C10H12BrNO2/c1-2-5-14-10-4-3-8(7-12-13)6-9(10)11/h3-4,6-7,13H,2,5H2,1H3/b12-7+. The molecule has 0 amide bonds. The highest BCUT2D eigenvalue weighted by Gasteiger charge is 2.00. The Labute approximate surface area is 91.5 Å². The van der Waals surface area contributed by atoms with E-state index in [1.54, 1.807) is 0 Å². The van der Waals surface area contributed by atoms with E-state index in [0.717, 1.165) is 22.2 Å². The molecule has 0 spiro atoms. The van der Waals surface area contributed by atoms with Gasteiger partial charge in [0.1, 0.15) is 5.75 Å². The van der Waals surface area contributed by atoms with Crippen LogP contribution >= 0.6 is 15.9 Å². The lowest BCUT2D eigenvalue weighted by Gasteiger charge is -2.06. The van der Waals surface area contributed by atoms with Gasteiger partial charge in [0.05, 0.1) is 17.3 Å². The Balaban J connectivity index is 2.79. The molecule has 76 valence electrons. The molecule has 0 unspecified atom stereocenters. The number of hydrogen-bond acceptors (Lipinski definition) is 3. The van der Waals surface area contributed by atoms with E-state index in [0.29, 0.717) is 6.61 Å². The largest absolute Gasteiger partial charge is 0.492 e. The first-order chi connectivity index (χ1) is 6.77. The Morgan fingerprint density at radius 3 is 2.93 bits per heavy atom. The van der Waals surface area contributed by atoms with Crippen LogP contribution in [0.1, 0.15) is 18.9 Å². The molecule has 0 aliphatic rings. The van der Waals surface area contributed by atoms with Crippen LogP contribution < -0.4 is 4.74 Å². The summed E-state index contributed by atoms with van der Waals surface area (Å²) in [6.45, 7) is 2.76. The number of benzene rings is 1. The van der Waals surface area contributed by atoms with Crippen molar-refractivity contribution in [3.05, 3.63) is 28.2 Å². The average Bonchev–Trinajstić information content (AvgIpc) is 2.17. The first kappa shape index (κ1) is 11.0. The fraction of sp³-hybridized carbons (Fsp3) is 0.300. The van der Waals surface area contributed by atoms with Gasteiger partial charge in [-0.25, -0.2) is 0 Å². The maximum atomic E-state index is 8.34. The molecule has 0 aromatic heterocycles. The molecule has 0 radical (unpaired) electrons. The van der Waals surface area contributed by atoms with Crippen molar-refractivity contribution in [2.75, 3.05) is 6.61 Å². The van der Waals surface area contributed by atoms with Crippen molar-refractivity contribution >= 4 is 22.1 Å². The predicted octanol–water partition coefficient (Wildman–Crippen LogP) is 3.05. The second kappa shape index (κ2) is 5.65. The van der Waals surface area contributed by atoms with Crippen molar-refractivity contribution < 1.29 is 9.94 Å². The minimum Gasteiger partial charge on any atom is -0.492 e. The van der Waals surface area contributed by atoms with Gasteiger partial charge in [-0.15, -0.1) is 0 Å². The third kappa shape index (κ3) is 3.03. The number of nitrogens with zero attached hydrogens (tertiary/aromatic N) is 1. The number of hydrogen-bond donors (Lipinski definition) is 1. The lowest BCUT2D eigenvalue weighted by molar-refractivity contribution is 0.315. The Morgan fingerprint density at radius 1 is 1.57 bits per heavy atom. The maximum Gasteiger partial charge on any atom is 0.133 e. The Bertz CT molecular complexity index is 326. The van der Waals surface area contributed by atoms with Gasteiger partial charge in [0, 0.05) is 0 Å². The maximum absolute atomic E-state index is 8.34. The first-order valence-electron chi connectivity index (χ1n) is 4.37. The van der Waals surface area contributed by atoms with Gasteiger partial charge < -0.3 is 9.94 Å². The third-order valence-electron chi connectivity index (χ3n) is 1.62. The molecule has 1 aromatic rings. The summed E-state index contributed by atoms with van der Waals surface area (Å²) in [6, 6.07) is 5.51. The Hall–Kier alpha value is -1.03. The van der Waals surface area contributed by atoms with E-state index in [2.05, 4.69) is 28.0 Å². The van der Waals surface area contributed by atoms with Crippen LogP contribution in [0.5, 0.6) is 5.75 Å². The van der Waals surface area contributed by atoms with Crippen LogP contribution in [0, 0.1) is 0 Å². The zero-order valence-electron chi connectivity index (χ0n) is 7.90. The molecular weight excluding hydrogens is 246 g/mol. The van der Waals surface area contributed by atoms with Gasteiger partial charge in [0.15, 0.2) is 0 Å². The van der Waals surface area contributed by atoms with E-state index < -0.39 is 0 Å². The number of oxime groups is 1. The van der Waals surface area contributed by atoms with E-state index in [4.69, 9.17) is 9.94 Å². The van der Waals surface area contributed by atoms with Crippen molar-refractivity contribution in [3.63, 3.8) is 0 Å². The second-order valence-corrected chi connectivity index (χ2v) is 3.64. The SMILES string of the molecule is CCCOc1ccc(/C=N/O)cc1Br. The van der Waals surface area contributed by atoms with E-state index >= 15 is 0 Å². The van der Waals surface area contributed by atoms with Crippen molar-refractivity contribution in [1.29, 1.82) is 0 Å². The zero-order chi connectivity index (χ0) is 10.4. The Morgan fingerprint density at radius 2 is 2.36 bits per heavy atom. The van der Waals surface area contributed by atoms with Gasteiger partial charge in [0.2, 0.25) is 0 Å². The van der Waals surface area contributed by atoms with E-state index in [-0.39, 0.29) is 0 Å². The van der Waals surface area contributed by atoms with E-state index in [1.165, 1.54) is 6.21 Å². The lowest BCUT2D eigenvalue weighted by atomic mass is 10.2. The summed E-state index contributed by atoms with van der Waals surface area (Å²) in [6.07, 6.45) is 2.35. The second-order valence-electron chi connectivity index (χ2n) is 2.78. The van der Waals surface area contributed by atoms with E-state index in [9.17, 15) is 0 Å². The molecule has 1 rings (SSSR count).